The Bertz CT molecular complexity index is 172. The van der Waals surface area contributed by atoms with Crippen molar-refractivity contribution in [2.75, 3.05) is 0 Å². The van der Waals surface area contributed by atoms with Crippen LogP contribution in [0.4, 0.5) is 0 Å². The third-order valence-corrected chi connectivity index (χ3v) is 1.22. The van der Waals surface area contributed by atoms with Gasteiger partial charge in [-0.1, -0.05) is 31.7 Å². The summed E-state index contributed by atoms with van der Waals surface area (Å²) in [5.74, 6) is 0.516. The van der Waals surface area contributed by atoms with E-state index in [-0.39, 0.29) is 32.7 Å². The van der Waals surface area contributed by atoms with Gasteiger partial charge in [0.25, 0.3) is 0 Å². The van der Waals surface area contributed by atoms with Crippen LogP contribution in [0.1, 0.15) is 25.5 Å². The first-order valence-corrected chi connectivity index (χ1v) is 3.12. The molecular formula is C8H10NY-. The zero-order chi connectivity index (χ0) is 6.69. The molecule has 2 heteroatoms. The maximum Gasteiger partial charge on any atom is 0 e. The van der Waals surface area contributed by atoms with Crippen LogP contribution in [0.2, 0.25) is 0 Å². The Morgan fingerprint density at radius 1 is 1.50 bits per heavy atom. The Morgan fingerprint density at radius 2 is 2.20 bits per heavy atom. The first-order chi connectivity index (χ1) is 4.30. The summed E-state index contributed by atoms with van der Waals surface area (Å²) in [5.41, 5.74) is 1.11. The van der Waals surface area contributed by atoms with Gasteiger partial charge in [0, 0.05) is 32.7 Å². The molecular weight excluding hydrogens is 199 g/mol. The molecule has 10 heavy (non-hydrogen) atoms. The first-order valence-electron chi connectivity index (χ1n) is 3.12. The van der Waals surface area contributed by atoms with Gasteiger partial charge in [-0.2, -0.15) is 18.2 Å². The molecule has 1 heterocycles. The van der Waals surface area contributed by atoms with E-state index in [1.165, 1.54) is 0 Å². The van der Waals surface area contributed by atoms with E-state index in [9.17, 15) is 0 Å². The molecule has 0 spiro atoms. The van der Waals surface area contributed by atoms with E-state index in [1.54, 1.807) is 6.20 Å². The third kappa shape index (κ3) is 2.89. The molecule has 0 fully saturated rings. The number of rotatable bonds is 1. The molecule has 0 saturated carbocycles. The summed E-state index contributed by atoms with van der Waals surface area (Å²) in [5, 5.41) is 0. The molecule has 51 valence electrons. The molecule has 0 aliphatic heterocycles. The number of nitrogens with zero attached hydrogens (tertiary/aromatic N) is 1. The molecule has 1 aromatic rings. The van der Waals surface area contributed by atoms with Gasteiger partial charge in [-0.05, 0) is 0 Å². The second-order valence-electron chi connectivity index (χ2n) is 2.34. The van der Waals surface area contributed by atoms with Crippen LogP contribution in [0.15, 0.2) is 18.3 Å². The number of aromatic nitrogens is 1. The van der Waals surface area contributed by atoms with Crippen molar-refractivity contribution >= 4 is 0 Å². The van der Waals surface area contributed by atoms with Gasteiger partial charge in [0.05, 0.1) is 0 Å². The van der Waals surface area contributed by atoms with Crippen LogP contribution in [-0.2, 0) is 32.7 Å². The first kappa shape index (κ1) is 10.3. The largest absolute Gasteiger partial charge is 0.387 e. The summed E-state index contributed by atoms with van der Waals surface area (Å²) in [6, 6.07) is 6.71. The standard InChI is InChI=1S/C8H10N.Y/c1-7(2)8-5-3-4-6-9-8;/h4-7H,1-2H3;/q-1;. The summed E-state index contributed by atoms with van der Waals surface area (Å²) in [4.78, 5) is 4.15. The molecule has 0 amide bonds. The van der Waals surface area contributed by atoms with E-state index in [0.717, 1.165) is 5.69 Å². The van der Waals surface area contributed by atoms with E-state index < -0.39 is 0 Å². The summed E-state index contributed by atoms with van der Waals surface area (Å²) >= 11 is 0. The van der Waals surface area contributed by atoms with Gasteiger partial charge in [-0.15, -0.1) is 0 Å². The third-order valence-electron chi connectivity index (χ3n) is 1.22. The zero-order valence-electron chi connectivity index (χ0n) is 6.33. The predicted molar refractivity (Wildman–Crippen MR) is 37.2 cm³/mol. The van der Waals surface area contributed by atoms with Gasteiger partial charge in [-0.3, -0.25) is 0 Å². The van der Waals surface area contributed by atoms with Crippen molar-refractivity contribution in [1.29, 1.82) is 0 Å². The van der Waals surface area contributed by atoms with E-state index in [2.05, 4.69) is 24.9 Å². The summed E-state index contributed by atoms with van der Waals surface area (Å²) in [6.45, 7) is 4.24. The van der Waals surface area contributed by atoms with Crippen molar-refractivity contribution in [3.8, 4) is 0 Å². The van der Waals surface area contributed by atoms with Crippen LogP contribution in [-0.4, -0.2) is 4.98 Å². The van der Waals surface area contributed by atoms with E-state index in [4.69, 9.17) is 0 Å². The maximum atomic E-state index is 4.15. The van der Waals surface area contributed by atoms with Crippen molar-refractivity contribution in [2.45, 2.75) is 19.8 Å². The minimum atomic E-state index is 0. The average molecular weight is 209 g/mol. The Morgan fingerprint density at radius 3 is 2.50 bits per heavy atom. The smallest absolute Gasteiger partial charge is 0 e. The van der Waals surface area contributed by atoms with E-state index >= 15 is 0 Å². The zero-order valence-corrected chi connectivity index (χ0v) is 9.17. The van der Waals surface area contributed by atoms with E-state index in [1.807, 2.05) is 12.1 Å². The fourth-order valence-corrected chi connectivity index (χ4v) is 0.653. The quantitative estimate of drug-likeness (QED) is 0.644. The number of hydrogen-bond donors (Lipinski definition) is 0. The molecule has 1 aromatic heterocycles. The summed E-state index contributed by atoms with van der Waals surface area (Å²) in [6.07, 6.45) is 1.77. The Labute approximate surface area is 87.1 Å². The van der Waals surface area contributed by atoms with Crippen molar-refractivity contribution in [3.63, 3.8) is 0 Å². The van der Waals surface area contributed by atoms with Crippen LogP contribution in [0.3, 0.4) is 0 Å². The summed E-state index contributed by atoms with van der Waals surface area (Å²) < 4.78 is 0. The molecule has 0 saturated heterocycles. The fourth-order valence-electron chi connectivity index (χ4n) is 0.653. The van der Waals surface area contributed by atoms with Gasteiger partial charge in [0.1, 0.15) is 0 Å². The summed E-state index contributed by atoms with van der Waals surface area (Å²) in [7, 11) is 0. The van der Waals surface area contributed by atoms with E-state index in [0.29, 0.717) is 5.92 Å². The number of pyridine rings is 1. The molecule has 0 bridgehead atoms. The normalized spacial score (nSPS) is 9.10. The minimum Gasteiger partial charge on any atom is -0.387 e. The van der Waals surface area contributed by atoms with Crippen LogP contribution >= 0.6 is 0 Å². The molecule has 1 radical (unpaired) electrons. The van der Waals surface area contributed by atoms with Gasteiger partial charge in [0.15, 0.2) is 0 Å². The van der Waals surface area contributed by atoms with Crippen molar-refractivity contribution < 1.29 is 32.7 Å². The van der Waals surface area contributed by atoms with Crippen LogP contribution in [0.5, 0.6) is 0 Å². The SMILES string of the molecule is CC(C)c1c[c-]ccn1.[Y]. The molecule has 1 nitrogen and oxygen atoms in total. The molecule has 1 rings (SSSR count). The Hall–Kier alpha value is 0.254. The molecule has 0 aromatic carbocycles. The predicted octanol–water partition coefficient (Wildman–Crippen LogP) is 2.00. The van der Waals surface area contributed by atoms with Crippen molar-refractivity contribution in [3.05, 3.63) is 30.1 Å². The molecule has 0 aliphatic carbocycles. The fraction of sp³-hybridized carbons (Fsp3) is 0.375. The molecule has 0 aliphatic rings. The number of hydrogen-bond acceptors (Lipinski definition) is 1. The van der Waals surface area contributed by atoms with Gasteiger partial charge in [-0.25, -0.2) is 0 Å². The van der Waals surface area contributed by atoms with Gasteiger partial charge < -0.3 is 4.98 Å². The van der Waals surface area contributed by atoms with Crippen LogP contribution in [0.25, 0.3) is 0 Å². The molecule has 0 N–H and O–H groups in total. The second-order valence-corrected chi connectivity index (χ2v) is 2.34. The van der Waals surface area contributed by atoms with Gasteiger partial charge >= 0.3 is 0 Å². The monoisotopic (exact) mass is 209 g/mol. The topological polar surface area (TPSA) is 12.9 Å². The maximum absolute atomic E-state index is 4.15. The minimum absolute atomic E-state index is 0. The average Bonchev–Trinajstić information content (AvgIpc) is 1.90. The van der Waals surface area contributed by atoms with Gasteiger partial charge in [0.2, 0.25) is 0 Å². The van der Waals surface area contributed by atoms with Crippen LogP contribution < -0.4 is 0 Å². The van der Waals surface area contributed by atoms with Crippen molar-refractivity contribution in [2.24, 2.45) is 0 Å². The molecule has 0 atom stereocenters. The second kappa shape index (κ2) is 4.98. The van der Waals surface area contributed by atoms with Crippen LogP contribution in [0, 0.1) is 6.07 Å². The van der Waals surface area contributed by atoms with Crippen molar-refractivity contribution in [1.82, 2.24) is 4.98 Å². The molecule has 0 unspecified atom stereocenters. The Kier molecular flexibility index (Phi) is 5.10. The Balaban J connectivity index is 0.000000810.